The minimum atomic E-state index is -0.458. The highest BCUT2D eigenvalue weighted by Gasteiger charge is 2.08. The van der Waals surface area contributed by atoms with Gasteiger partial charge in [0, 0.05) is 18.8 Å². The van der Waals surface area contributed by atoms with Gasteiger partial charge in [0.1, 0.15) is 5.82 Å². The van der Waals surface area contributed by atoms with E-state index in [-0.39, 0.29) is 0 Å². The summed E-state index contributed by atoms with van der Waals surface area (Å²) in [6.45, 7) is 0. The molecule has 0 radical (unpaired) electrons. The van der Waals surface area contributed by atoms with Gasteiger partial charge in [0.15, 0.2) is 0 Å². The van der Waals surface area contributed by atoms with Crippen molar-refractivity contribution in [2.24, 2.45) is 7.05 Å². The lowest BCUT2D eigenvalue weighted by atomic mass is 10.2. The van der Waals surface area contributed by atoms with Crippen LogP contribution in [0.15, 0.2) is 36.5 Å². The van der Waals surface area contributed by atoms with Crippen molar-refractivity contribution < 1.29 is 14.3 Å². The van der Waals surface area contributed by atoms with Gasteiger partial charge < -0.3 is 10.1 Å². The number of hydrogen-bond donors (Lipinski definition) is 2. The van der Waals surface area contributed by atoms with Crippen LogP contribution in [0, 0.1) is 0 Å². The molecule has 0 fully saturated rings. The lowest BCUT2D eigenvalue weighted by molar-refractivity contribution is 0.0600. The van der Waals surface area contributed by atoms with Crippen LogP contribution in [0.25, 0.3) is 0 Å². The van der Waals surface area contributed by atoms with Crippen molar-refractivity contribution in [3.05, 3.63) is 42.1 Å². The van der Waals surface area contributed by atoms with Gasteiger partial charge in [0.05, 0.1) is 18.9 Å². The number of amides is 2. The molecule has 0 saturated heterocycles. The van der Waals surface area contributed by atoms with Gasteiger partial charge in [-0.1, -0.05) is 6.07 Å². The second-order valence-corrected chi connectivity index (χ2v) is 3.99. The Kier molecular flexibility index (Phi) is 3.99. The molecule has 0 unspecified atom stereocenters. The van der Waals surface area contributed by atoms with E-state index in [1.54, 1.807) is 37.5 Å². The average molecular weight is 274 g/mol. The minimum Gasteiger partial charge on any atom is -0.465 e. The van der Waals surface area contributed by atoms with Gasteiger partial charge in [-0.2, -0.15) is 5.10 Å². The third-order valence-electron chi connectivity index (χ3n) is 2.60. The van der Waals surface area contributed by atoms with Crippen LogP contribution in [0.5, 0.6) is 0 Å². The molecule has 7 heteroatoms. The van der Waals surface area contributed by atoms with Crippen LogP contribution in [0.4, 0.5) is 16.3 Å². The third-order valence-corrected chi connectivity index (χ3v) is 2.60. The van der Waals surface area contributed by atoms with Crippen LogP contribution in [0.1, 0.15) is 10.4 Å². The monoisotopic (exact) mass is 274 g/mol. The van der Waals surface area contributed by atoms with Gasteiger partial charge in [-0.15, -0.1) is 0 Å². The summed E-state index contributed by atoms with van der Waals surface area (Å²) < 4.78 is 6.15. The molecule has 2 aromatic rings. The Morgan fingerprint density at radius 3 is 2.70 bits per heavy atom. The number of nitrogens with zero attached hydrogens (tertiary/aromatic N) is 2. The fourth-order valence-corrected chi connectivity index (χ4v) is 1.62. The van der Waals surface area contributed by atoms with E-state index in [0.717, 1.165) is 0 Å². The topological polar surface area (TPSA) is 85.2 Å². The molecular weight excluding hydrogens is 260 g/mol. The molecule has 1 aromatic carbocycles. The maximum Gasteiger partial charge on any atom is 0.337 e. The molecule has 0 spiro atoms. The first-order chi connectivity index (χ1) is 9.60. The average Bonchev–Trinajstić information content (AvgIpc) is 2.83. The lowest BCUT2D eigenvalue weighted by Crippen LogP contribution is -2.21. The fourth-order valence-electron chi connectivity index (χ4n) is 1.62. The summed E-state index contributed by atoms with van der Waals surface area (Å²) in [5, 5.41) is 9.20. The Balaban J connectivity index is 2.04. The van der Waals surface area contributed by atoms with Gasteiger partial charge in [-0.05, 0) is 18.2 Å². The minimum absolute atomic E-state index is 0.367. The van der Waals surface area contributed by atoms with E-state index in [9.17, 15) is 9.59 Å². The van der Waals surface area contributed by atoms with Crippen molar-refractivity contribution in [2.75, 3.05) is 17.7 Å². The molecule has 2 rings (SSSR count). The van der Waals surface area contributed by atoms with E-state index in [4.69, 9.17) is 0 Å². The van der Waals surface area contributed by atoms with Crippen molar-refractivity contribution in [1.82, 2.24) is 9.78 Å². The van der Waals surface area contributed by atoms with E-state index in [1.165, 1.54) is 17.9 Å². The molecular formula is C13H14N4O3. The van der Waals surface area contributed by atoms with E-state index < -0.39 is 12.0 Å². The molecule has 1 aromatic heterocycles. The molecule has 7 nitrogen and oxygen atoms in total. The number of esters is 1. The van der Waals surface area contributed by atoms with Crippen molar-refractivity contribution >= 4 is 23.5 Å². The summed E-state index contributed by atoms with van der Waals surface area (Å²) in [5.74, 6) is 0.104. The first-order valence-corrected chi connectivity index (χ1v) is 5.84. The number of carbonyl (C=O) groups is 2. The normalized spacial score (nSPS) is 9.90. The second-order valence-electron chi connectivity index (χ2n) is 3.99. The molecule has 0 atom stereocenters. The first-order valence-electron chi connectivity index (χ1n) is 5.84. The zero-order valence-corrected chi connectivity index (χ0v) is 11.1. The highest BCUT2D eigenvalue weighted by Crippen LogP contribution is 2.12. The summed E-state index contributed by atoms with van der Waals surface area (Å²) in [4.78, 5) is 23.2. The standard InChI is InChI=1S/C13H14N4O3/c1-17-11(6-7-14-17)16-13(19)15-10-5-3-4-9(8-10)12(18)20-2/h3-8H,1-2H3,(H2,15,16,19). The Bertz CT molecular complexity index is 636. The van der Waals surface area contributed by atoms with Crippen LogP contribution < -0.4 is 10.6 Å². The molecule has 0 aliphatic carbocycles. The molecule has 20 heavy (non-hydrogen) atoms. The number of anilines is 2. The number of aryl methyl sites for hydroxylation is 1. The highest BCUT2D eigenvalue weighted by molar-refractivity contribution is 6.00. The molecule has 1 heterocycles. The maximum atomic E-state index is 11.8. The quantitative estimate of drug-likeness (QED) is 0.836. The van der Waals surface area contributed by atoms with Gasteiger partial charge in [-0.3, -0.25) is 10.00 Å². The Labute approximate surface area is 115 Å². The van der Waals surface area contributed by atoms with Crippen LogP contribution >= 0.6 is 0 Å². The van der Waals surface area contributed by atoms with E-state index in [0.29, 0.717) is 17.1 Å². The zero-order valence-electron chi connectivity index (χ0n) is 11.1. The van der Waals surface area contributed by atoms with Gasteiger partial charge in [0.2, 0.25) is 0 Å². The number of carbonyl (C=O) groups excluding carboxylic acids is 2. The van der Waals surface area contributed by atoms with Crippen molar-refractivity contribution in [3.63, 3.8) is 0 Å². The van der Waals surface area contributed by atoms with Crippen LogP contribution in [-0.4, -0.2) is 28.9 Å². The zero-order chi connectivity index (χ0) is 14.5. The number of urea groups is 1. The summed E-state index contributed by atoms with van der Waals surface area (Å²) >= 11 is 0. The molecule has 0 saturated carbocycles. The number of methoxy groups -OCH3 is 1. The number of nitrogens with one attached hydrogen (secondary N) is 2. The Hall–Kier alpha value is -2.83. The molecule has 0 bridgehead atoms. The smallest absolute Gasteiger partial charge is 0.337 e. The maximum absolute atomic E-state index is 11.8. The molecule has 0 aliphatic heterocycles. The Morgan fingerprint density at radius 1 is 1.25 bits per heavy atom. The van der Waals surface area contributed by atoms with E-state index in [1.807, 2.05) is 0 Å². The van der Waals surface area contributed by atoms with Gasteiger partial charge in [0.25, 0.3) is 0 Å². The van der Waals surface area contributed by atoms with Crippen LogP contribution in [-0.2, 0) is 11.8 Å². The molecule has 2 amide bonds. The number of aromatic nitrogens is 2. The van der Waals surface area contributed by atoms with Crippen molar-refractivity contribution in [3.8, 4) is 0 Å². The summed E-state index contributed by atoms with van der Waals surface area (Å²) in [7, 11) is 3.02. The van der Waals surface area contributed by atoms with Crippen molar-refractivity contribution in [2.45, 2.75) is 0 Å². The second kappa shape index (κ2) is 5.87. The van der Waals surface area contributed by atoms with Gasteiger partial charge in [-0.25, -0.2) is 9.59 Å². The summed E-state index contributed by atoms with van der Waals surface area (Å²) in [6, 6.07) is 7.73. The third kappa shape index (κ3) is 3.14. The predicted molar refractivity (Wildman–Crippen MR) is 73.6 cm³/mol. The largest absolute Gasteiger partial charge is 0.465 e. The predicted octanol–water partition coefficient (Wildman–Crippen LogP) is 1.85. The first kappa shape index (κ1) is 13.6. The number of ether oxygens (including phenoxy) is 1. The summed E-state index contributed by atoms with van der Waals surface area (Å²) in [6.07, 6.45) is 1.58. The Morgan fingerprint density at radius 2 is 2.05 bits per heavy atom. The molecule has 2 N–H and O–H groups in total. The highest BCUT2D eigenvalue weighted by atomic mass is 16.5. The van der Waals surface area contributed by atoms with Crippen LogP contribution in [0.3, 0.4) is 0 Å². The van der Waals surface area contributed by atoms with Gasteiger partial charge >= 0.3 is 12.0 Å². The van der Waals surface area contributed by atoms with E-state index in [2.05, 4.69) is 20.5 Å². The van der Waals surface area contributed by atoms with E-state index >= 15 is 0 Å². The van der Waals surface area contributed by atoms with Crippen LogP contribution in [0.2, 0.25) is 0 Å². The fraction of sp³-hybridized carbons (Fsp3) is 0.154. The summed E-state index contributed by atoms with van der Waals surface area (Å²) in [5.41, 5.74) is 0.860. The number of benzene rings is 1. The number of hydrogen-bond acceptors (Lipinski definition) is 4. The number of rotatable bonds is 3. The molecule has 104 valence electrons. The molecule has 0 aliphatic rings. The lowest BCUT2D eigenvalue weighted by Gasteiger charge is -2.08. The van der Waals surface area contributed by atoms with Crippen molar-refractivity contribution in [1.29, 1.82) is 0 Å². The SMILES string of the molecule is COC(=O)c1cccc(NC(=O)Nc2ccnn2C)c1.